The summed E-state index contributed by atoms with van der Waals surface area (Å²) in [6.07, 6.45) is 0.958. The molecule has 0 saturated carbocycles. The molecule has 0 radical (unpaired) electrons. The number of nitrogens with zero attached hydrogens (tertiary/aromatic N) is 1. The molecule has 64 valence electrons. The monoisotopic (exact) mass is 156 g/mol. The van der Waals surface area contributed by atoms with Crippen LogP contribution in [0.3, 0.4) is 0 Å². The Labute approximate surface area is 67.5 Å². The van der Waals surface area contributed by atoms with E-state index >= 15 is 0 Å². The molecule has 0 bridgehead atoms. The number of hydrogen-bond acceptors (Lipinski definition) is 2. The first-order valence-corrected chi connectivity index (χ1v) is 4.10. The van der Waals surface area contributed by atoms with Crippen LogP contribution in [0.25, 0.3) is 0 Å². The van der Waals surface area contributed by atoms with Crippen molar-refractivity contribution in [2.45, 2.75) is 13.3 Å². The van der Waals surface area contributed by atoms with Crippen LogP contribution >= 0.6 is 0 Å². The van der Waals surface area contributed by atoms with E-state index in [0.717, 1.165) is 13.0 Å². The number of carbonyl (C=O) groups excluding carboxylic acids is 1. The van der Waals surface area contributed by atoms with E-state index in [2.05, 4.69) is 6.92 Å². The Balaban J connectivity index is 2.59. The van der Waals surface area contributed by atoms with Gasteiger partial charge >= 0.3 is 0 Å². The molecule has 3 nitrogen and oxygen atoms in total. The van der Waals surface area contributed by atoms with Crippen molar-refractivity contribution >= 4 is 5.91 Å². The van der Waals surface area contributed by atoms with Crippen LogP contribution in [0.5, 0.6) is 0 Å². The second-order valence-corrected chi connectivity index (χ2v) is 3.49. The van der Waals surface area contributed by atoms with E-state index in [-0.39, 0.29) is 11.8 Å². The van der Waals surface area contributed by atoms with E-state index in [1.54, 1.807) is 4.90 Å². The van der Waals surface area contributed by atoms with Crippen molar-refractivity contribution < 1.29 is 4.79 Å². The molecule has 0 aromatic heterocycles. The van der Waals surface area contributed by atoms with E-state index in [9.17, 15) is 4.79 Å². The number of likely N-dealkylation sites (tertiary alicyclic amines) is 1. The molecule has 0 spiro atoms. The number of carbonyl (C=O) groups is 1. The van der Waals surface area contributed by atoms with Gasteiger partial charge in [0.05, 0.1) is 5.92 Å². The van der Waals surface area contributed by atoms with Gasteiger partial charge in [0.15, 0.2) is 0 Å². The first-order chi connectivity index (χ1) is 5.15. The smallest absolute Gasteiger partial charge is 0.226 e. The molecule has 1 aliphatic heterocycles. The Bertz CT molecular complexity index is 158. The fraction of sp³-hybridized carbons (Fsp3) is 0.875. The maximum Gasteiger partial charge on any atom is 0.226 e. The molecule has 2 atom stereocenters. The van der Waals surface area contributed by atoms with Gasteiger partial charge in [0, 0.05) is 20.1 Å². The highest BCUT2D eigenvalue weighted by atomic mass is 16.2. The third-order valence-corrected chi connectivity index (χ3v) is 2.28. The van der Waals surface area contributed by atoms with Gasteiger partial charge in [-0.3, -0.25) is 4.79 Å². The van der Waals surface area contributed by atoms with Crippen LogP contribution < -0.4 is 5.73 Å². The van der Waals surface area contributed by atoms with Gasteiger partial charge in [0.2, 0.25) is 5.91 Å². The van der Waals surface area contributed by atoms with Crippen LogP contribution in [0.15, 0.2) is 0 Å². The standard InChI is InChI=1S/C8H16N2O/c1-6-3-7(4-9)8(11)10(2)5-6/h6-7H,3-5,9H2,1-2H3. The summed E-state index contributed by atoms with van der Waals surface area (Å²) < 4.78 is 0. The lowest BCUT2D eigenvalue weighted by Crippen LogP contribution is -2.44. The lowest BCUT2D eigenvalue weighted by atomic mass is 9.90. The molecular weight excluding hydrogens is 140 g/mol. The summed E-state index contributed by atoms with van der Waals surface area (Å²) in [6.45, 7) is 3.54. The molecule has 0 aromatic rings. The molecule has 11 heavy (non-hydrogen) atoms. The Hall–Kier alpha value is -0.570. The Morgan fingerprint density at radius 2 is 2.36 bits per heavy atom. The van der Waals surface area contributed by atoms with E-state index in [0.29, 0.717) is 12.5 Å². The topological polar surface area (TPSA) is 46.3 Å². The molecule has 1 heterocycles. The zero-order valence-corrected chi connectivity index (χ0v) is 7.21. The third-order valence-electron chi connectivity index (χ3n) is 2.28. The first kappa shape index (κ1) is 8.53. The van der Waals surface area contributed by atoms with Gasteiger partial charge in [-0.1, -0.05) is 6.92 Å². The van der Waals surface area contributed by atoms with Crippen molar-refractivity contribution in [2.24, 2.45) is 17.6 Å². The third kappa shape index (κ3) is 1.71. The quantitative estimate of drug-likeness (QED) is 0.583. The molecule has 1 rings (SSSR count). The average Bonchev–Trinajstić information content (AvgIpc) is 1.96. The van der Waals surface area contributed by atoms with Crippen LogP contribution in [0, 0.1) is 11.8 Å². The number of amides is 1. The maximum absolute atomic E-state index is 11.3. The van der Waals surface area contributed by atoms with Crippen LogP contribution in [0.4, 0.5) is 0 Å². The molecule has 2 unspecified atom stereocenters. The fourth-order valence-electron chi connectivity index (χ4n) is 1.73. The normalized spacial score (nSPS) is 32.6. The lowest BCUT2D eigenvalue weighted by Gasteiger charge is -2.32. The average molecular weight is 156 g/mol. The van der Waals surface area contributed by atoms with Crippen molar-refractivity contribution in [3.8, 4) is 0 Å². The van der Waals surface area contributed by atoms with Crippen LogP contribution in [-0.2, 0) is 4.79 Å². The molecule has 2 N–H and O–H groups in total. The molecule has 3 heteroatoms. The lowest BCUT2D eigenvalue weighted by molar-refractivity contribution is -0.138. The summed E-state index contributed by atoms with van der Waals surface area (Å²) in [4.78, 5) is 13.1. The highest BCUT2D eigenvalue weighted by Gasteiger charge is 2.28. The van der Waals surface area contributed by atoms with E-state index in [1.165, 1.54) is 0 Å². The summed E-state index contributed by atoms with van der Waals surface area (Å²) in [5, 5.41) is 0. The molecule has 0 aromatic carbocycles. The van der Waals surface area contributed by atoms with Gasteiger partial charge in [-0.05, 0) is 12.3 Å². The molecule has 0 aliphatic carbocycles. The van der Waals surface area contributed by atoms with Gasteiger partial charge in [0.25, 0.3) is 0 Å². The largest absolute Gasteiger partial charge is 0.345 e. The molecule has 1 aliphatic rings. The first-order valence-electron chi connectivity index (χ1n) is 4.10. The number of piperidine rings is 1. The summed E-state index contributed by atoms with van der Waals surface area (Å²) in [5.74, 6) is 0.889. The minimum absolute atomic E-state index is 0.0729. The predicted molar refractivity (Wildman–Crippen MR) is 44.0 cm³/mol. The minimum atomic E-state index is 0.0729. The van der Waals surface area contributed by atoms with E-state index in [1.807, 2.05) is 7.05 Å². The van der Waals surface area contributed by atoms with Crippen molar-refractivity contribution in [1.82, 2.24) is 4.90 Å². The maximum atomic E-state index is 11.3. The van der Waals surface area contributed by atoms with Gasteiger partial charge in [-0.25, -0.2) is 0 Å². The summed E-state index contributed by atoms with van der Waals surface area (Å²) in [5.41, 5.74) is 5.47. The second kappa shape index (κ2) is 3.22. The van der Waals surface area contributed by atoms with Gasteiger partial charge < -0.3 is 10.6 Å². The summed E-state index contributed by atoms with van der Waals surface area (Å²) in [7, 11) is 1.85. The Morgan fingerprint density at radius 1 is 1.73 bits per heavy atom. The van der Waals surface area contributed by atoms with Crippen molar-refractivity contribution in [2.75, 3.05) is 20.1 Å². The fourth-order valence-corrected chi connectivity index (χ4v) is 1.73. The van der Waals surface area contributed by atoms with Gasteiger partial charge in [-0.2, -0.15) is 0 Å². The van der Waals surface area contributed by atoms with Crippen molar-refractivity contribution in [3.63, 3.8) is 0 Å². The summed E-state index contributed by atoms with van der Waals surface area (Å²) in [6, 6.07) is 0. The second-order valence-electron chi connectivity index (χ2n) is 3.49. The van der Waals surface area contributed by atoms with Gasteiger partial charge in [-0.15, -0.1) is 0 Å². The Morgan fingerprint density at radius 3 is 2.91 bits per heavy atom. The SMILES string of the molecule is CC1CC(CN)C(=O)N(C)C1. The Kier molecular flexibility index (Phi) is 2.49. The number of rotatable bonds is 1. The van der Waals surface area contributed by atoms with Crippen LogP contribution in [0.1, 0.15) is 13.3 Å². The molecule has 1 saturated heterocycles. The molecule has 1 fully saturated rings. The zero-order chi connectivity index (χ0) is 8.43. The van der Waals surface area contributed by atoms with Crippen molar-refractivity contribution in [3.05, 3.63) is 0 Å². The number of hydrogen-bond donors (Lipinski definition) is 1. The van der Waals surface area contributed by atoms with E-state index in [4.69, 9.17) is 5.73 Å². The van der Waals surface area contributed by atoms with Crippen LogP contribution in [0.2, 0.25) is 0 Å². The highest BCUT2D eigenvalue weighted by Crippen LogP contribution is 2.20. The van der Waals surface area contributed by atoms with Crippen molar-refractivity contribution in [1.29, 1.82) is 0 Å². The minimum Gasteiger partial charge on any atom is -0.345 e. The molecule has 1 amide bonds. The predicted octanol–water partition coefficient (Wildman–Crippen LogP) is 0.0595. The zero-order valence-electron chi connectivity index (χ0n) is 7.21. The van der Waals surface area contributed by atoms with E-state index < -0.39 is 0 Å². The highest BCUT2D eigenvalue weighted by molar-refractivity contribution is 5.79. The van der Waals surface area contributed by atoms with Gasteiger partial charge in [0.1, 0.15) is 0 Å². The number of nitrogens with two attached hydrogens (primary N) is 1. The molecular formula is C8H16N2O. The summed E-state index contributed by atoms with van der Waals surface area (Å²) >= 11 is 0. The van der Waals surface area contributed by atoms with Crippen LogP contribution in [-0.4, -0.2) is 30.9 Å².